The minimum atomic E-state index is -3.33. The maximum atomic E-state index is 11.4. The highest BCUT2D eigenvalue weighted by Gasteiger charge is 2.11. The van der Waals surface area contributed by atoms with E-state index in [0.717, 1.165) is 40.0 Å². The van der Waals surface area contributed by atoms with E-state index in [0.29, 0.717) is 11.3 Å². The number of aryl methyl sites for hydroxylation is 1. The summed E-state index contributed by atoms with van der Waals surface area (Å²) in [5, 5.41) is 4.60. The van der Waals surface area contributed by atoms with Crippen molar-refractivity contribution in [2.24, 2.45) is 5.73 Å². The number of hydrogen-bond acceptors (Lipinski definition) is 4. The zero-order valence-electron chi connectivity index (χ0n) is 17.6. The molecule has 1 heterocycles. The predicted molar refractivity (Wildman–Crippen MR) is 126 cm³/mol. The van der Waals surface area contributed by atoms with Gasteiger partial charge in [-0.05, 0) is 60.5 Å². The Hall–Kier alpha value is -3.91. The first kappa shape index (κ1) is 21.3. The third-order valence-corrected chi connectivity index (χ3v) is 5.54. The number of rotatable bonds is 6. The average molecular weight is 447 g/mol. The molecule has 0 fully saturated rings. The van der Waals surface area contributed by atoms with Gasteiger partial charge >= 0.3 is 0 Å². The summed E-state index contributed by atoms with van der Waals surface area (Å²) in [4.78, 5) is 11.3. The van der Waals surface area contributed by atoms with Crippen LogP contribution in [0.3, 0.4) is 0 Å². The van der Waals surface area contributed by atoms with Crippen molar-refractivity contribution in [3.63, 3.8) is 0 Å². The molecule has 0 unspecified atom stereocenters. The number of anilines is 1. The fourth-order valence-corrected chi connectivity index (χ4v) is 4.01. The number of carbonyl (C=O) groups is 1. The first-order valence-corrected chi connectivity index (χ1v) is 11.7. The van der Waals surface area contributed by atoms with Gasteiger partial charge in [-0.1, -0.05) is 36.4 Å². The van der Waals surface area contributed by atoms with Gasteiger partial charge in [0.15, 0.2) is 0 Å². The third kappa shape index (κ3) is 4.70. The number of primary amides is 1. The number of benzene rings is 3. The monoisotopic (exact) mass is 446 g/mol. The molecule has 162 valence electrons. The van der Waals surface area contributed by atoms with Crippen molar-refractivity contribution in [1.82, 2.24) is 9.78 Å². The van der Waals surface area contributed by atoms with Crippen LogP contribution in [0.4, 0.5) is 5.69 Å². The van der Waals surface area contributed by atoms with E-state index in [1.54, 1.807) is 24.3 Å². The molecule has 3 aromatic carbocycles. The molecular formula is C24H22N4O3S. The van der Waals surface area contributed by atoms with E-state index < -0.39 is 15.9 Å². The molecule has 0 bridgehead atoms. The Bertz CT molecular complexity index is 1370. The van der Waals surface area contributed by atoms with Gasteiger partial charge in [0.05, 0.1) is 23.3 Å². The highest BCUT2D eigenvalue weighted by molar-refractivity contribution is 7.92. The molecule has 4 rings (SSSR count). The second kappa shape index (κ2) is 8.32. The molecule has 0 radical (unpaired) electrons. The van der Waals surface area contributed by atoms with Gasteiger partial charge in [0, 0.05) is 16.8 Å². The van der Waals surface area contributed by atoms with Crippen molar-refractivity contribution >= 4 is 21.6 Å². The SMILES string of the molecule is Cc1cc(-c2ccc(-c3ccc(C(N)=O)cc3)cc2)n(-c2ccc(NS(C)(=O)=O)cc2)n1. The molecule has 3 N–H and O–H groups in total. The van der Waals surface area contributed by atoms with Crippen LogP contribution in [0.2, 0.25) is 0 Å². The van der Waals surface area contributed by atoms with Crippen molar-refractivity contribution in [2.75, 3.05) is 11.0 Å². The lowest BCUT2D eigenvalue weighted by atomic mass is 10.0. The molecule has 0 atom stereocenters. The molecule has 0 aliphatic carbocycles. The molecule has 0 saturated heterocycles. The predicted octanol–water partition coefficient (Wildman–Crippen LogP) is 3.99. The lowest BCUT2D eigenvalue weighted by Crippen LogP contribution is -2.10. The molecular weight excluding hydrogens is 424 g/mol. The average Bonchev–Trinajstić information content (AvgIpc) is 3.15. The van der Waals surface area contributed by atoms with Crippen molar-refractivity contribution in [3.8, 4) is 28.1 Å². The van der Waals surface area contributed by atoms with Crippen LogP contribution in [-0.2, 0) is 10.0 Å². The van der Waals surface area contributed by atoms with Crippen molar-refractivity contribution in [2.45, 2.75) is 6.92 Å². The molecule has 0 aliphatic heterocycles. The fraction of sp³-hybridized carbons (Fsp3) is 0.0833. The zero-order valence-corrected chi connectivity index (χ0v) is 18.4. The zero-order chi connectivity index (χ0) is 22.9. The highest BCUT2D eigenvalue weighted by atomic mass is 32.2. The van der Waals surface area contributed by atoms with Gasteiger partial charge in [-0.15, -0.1) is 0 Å². The summed E-state index contributed by atoms with van der Waals surface area (Å²) in [6.07, 6.45) is 1.12. The van der Waals surface area contributed by atoms with Gasteiger partial charge in [0.25, 0.3) is 0 Å². The Morgan fingerprint density at radius 2 is 1.41 bits per heavy atom. The number of amides is 1. The van der Waals surface area contributed by atoms with Crippen LogP contribution in [0.1, 0.15) is 16.1 Å². The van der Waals surface area contributed by atoms with E-state index in [-0.39, 0.29) is 0 Å². The van der Waals surface area contributed by atoms with Crippen molar-refractivity contribution in [1.29, 1.82) is 0 Å². The Kier molecular flexibility index (Phi) is 5.54. The molecule has 32 heavy (non-hydrogen) atoms. The molecule has 0 aliphatic rings. The van der Waals surface area contributed by atoms with E-state index >= 15 is 0 Å². The number of aromatic nitrogens is 2. The minimum absolute atomic E-state index is 0.448. The summed E-state index contributed by atoms with van der Waals surface area (Å²) >= 11 is 0. The second-order valence-corrected chi connectivity index (χ2v) is 9.27. The Labute approximate surface area is 186 Å². The Balaban J connectivity index is 1.63. The van der Waals surface area contributed by atoms with Gasteiger partial charge in [-0.2, -0.15) is 5.10 Å². The number of carbonyl (C=O) groups excluding carboxylic acids is 1. The fourth-order valence-electron chi connectivity index (χ4n) is 3.45. The maximum absolute atomic E-state index is 11.4. The summed E-state index contributed by atoms with van der Waals surface area (Å²) in [6, 6.07) is 24.3. The number of nitrogens with one attached hydrogen (secondary N) is 1. The van der Waals surface area contributed by atoms with Gasteiger partial charge in [-0.3, -0.25) is 9.52 Å². The molecule has 1 aromatic heterocycles. The molecule has 1 amide bonds. The quantitative estimate of drug-likeness (QED) is 0.467. The summed E-state index contributed by atoms with van der Waals surface area (Å²) in [6.45, 7) is 1.92. The maximum Gasteiger partial charge on any atom is 0.248 e. The summed E-state index contributed by atoms with van der Waals surface area (Å²) in [5.74, 6) is -0.448. The number of hydrogen-bond donors (Lipinski definition) is 2. The first-order valence-electron chi connectivity index (χ1n) is 9.85. The molecule has 7 nitrogen and oxygen atoms in total. The number of sulfonamides is 1. The number of nitrogens with zero attached hydrogens (tertiary/aromatic N) is 2. The Morgan fingerprint density at radius 1 is 0.875 bits per heavy atom. The van der Waals surface area contributed by atoms with Crippen LogP contribution in [0.15, 0.2) is 78.9 Å². The molecule has 0 saturated carbocycles. The topological polar surface area (TPSA) is 107 Å². The third-order valence-electron chi connectivity index (χ3n) is 4.93. The lowest BCUT2D eigenvalue weighted by Gasteiger charge is -2.10. The first-order chi connectivity index (χ1) is 15.2. The normalized spacial score (nSPS) is 11.3. The summed E-state index contributed by atoms with van der Waals surface area (Å²) in [5.41, 5.74) is 11.9. The van der Waals surface area contributed by atoms with E-state index in [9.17, 15) is 13.2 Å². The van der Waals surface area contributed by atoms with Gasteiger partial charge in [-0.25, -0.2) is 13.1 Å². The standard InChI is InChI=1S/C24H22N4O3S/c1-16-15-23(28(26-16)22-13-11-21(12-14-22)27-32(2,30)31)19-7-3-17(4-8-19)18-5-9-20(10-6-18)24(25)29/h3-15,27H,1-2H3,(H2,25,29). The molecule has 8 heteroatoms. The minimum Gasteiger partial charge on any atom is -0.366 e. The molecule has 0 spiro atoms. The van der Waals surface area contributed by atoms with Crippen LogP contribution in [-0.4, -0.2) is 30.4 Å². The smallest absolute Gasteiger partial charge is 0.248 e. The van der Waals surface area contributed by atoms with E-state index in [4.69, 9.17) is 5.73 Å². The van der Waals surface area contributed by atoms with Crippen molar-refractivity contribution < 1.29 is 13.2 Å². The largest absolute Gasteiger partial charge is 0.366 e. The number of nitrogens with two attached hydrogens (primary N) is 1. The lowest BCUT2D eigenvalue weighted by molar-refractivity contribution is 0.100. The summed E-state index contributed by atoms with van der Waals surface area (Å²) in [7, 11) is -3.33. The second-order valence-electron chi connectivity index (χ2n) is 7.52. The van der Waals surface area contributed by atoms with Crippen LogP contribution in [0.5, 0.6) is 0 Å². The summed E-state index contributed by atoms with van der Waals surface area (Å²) < 4.78 is 27.1. The van der Waals surface area contributed by atoms with Crippen LogP contribution < -0.4 is 10.5 Å². The van der Waals surface area contributed by atoms with Crippen LogP contribution in [0, 0.1) is 6.92 Å². The van der Waals surface area contributed by atoms with Gasteiger partial charge in [0.1, 0.15) is 0 Å². The van der Waals surface area contributed by atoms with Gasteiger partial charge in [0.2, 0.25) is 15.9 Å². The highest BCUT2D eigenvalue weighted by Crippen LogP contribution is 2.28. The van der Waals surface area contributed by atoms with E-state index in [1.165, 1.54) is 0 Å². The van der Waals surface area contributed by atoms with Crippen LogP contribution in [0.25, 0.3) is 28.1 Å². The molecule has 4 aromatic rings. The van der Waals surface area contributed by atoms with E-state index in [1.807, 2.05) is 66.2 Å². The van der Waals surface area contributed by atoms with Crippen LogP contribution >= 0.6 is 0 Å². The van der Waals surface area contributed by atoms with E-state index in [2.05, 4.69) is 9.82 Å². The Morgan fingerprint density at radius 3 is 1.94 bits per heavy atom. The van der Waals surface area contributed by atoms with Crippen molar-refractivity contribution in [3.05, 3.63) is 90.1 Å². The van der Waals surface area contributed by atoms with Gasteiger partial charge < -0.3 is 5.73 Å².